The van der Waals surface area contributed by atoms with Crippen LogP contribution >= 0.6 is 0 Å². The standard InChI is InChI=1S/C17H24N2O2/c1-2-13(9-11-7-8-11)18-16-14(17(20)21)10-12-5-3-4-6-15(12)19-16/h10-11,13H,2-9H2,1H3,(H,18,19)(H,20,21). The number of pyridine rings is 1. The second kappa shape index (κ2) is 6.04. The van der Waals surface area contributed by atoms with Gasteiger partial charge >= 0.3 is 5.97 Å². The molecule has 0 radical (unpaired) electrons. The van der Waals surface area contributed by atoms with Crippen molar-refractivity contribution >= 4 is 11.8 Å². The fraction of sp³-hybridized carbons (Fsp3) is 0.647. The van der Waals surface area contributed by atoms with Crippen molar-refractivity contribution in [3.63, 3.8) is 0 Å². The van der Waals surface area contributed by atoms with E-state index in [4.69, 9.17) is 0 Å². The average molecular weight is 288 g/mol. The Kier molecular flexibility index (Phi) is 4.13. The van der Waals surface area contributed by atoms with Crippen LogP contribution < -0.4 is 5.32 Å². The van der Waals surface area contributed by atoms with Gasteiger partial charge in [0.1, 0.15) is 11.4 Å². The molecular weight excluding hydrogens is 264 g/mol. The van der Waals surface area contributed by atoms with Gasteiger partial charge in [-0.15, -0.1) is 0 Å². The number of aromatic carboxylic acids is 1. The molecule has 2 N–H and O–H groups in total. The van der Waals surface area contributed by atoms with Gasteiger partial charge in [0.15, 0.2) is 0 Å². The predicted molar refractivity (Wildman–Crippen MR) is 82.9 cm³/mol. The summed E-state index contributed by atoms with van der Waals surface area (Å²) in [6.07, 6.45) is 9.02. The van der Waals surface area contributed by atoms with Gasteiger partial charge in [0, 0.05) is 11.7 Å². The van der Waals surface area contributed by atoms with E-state index in [1.165, 1.54) is 12.8 Å². The van der Waals surface area contributed by atoms with Gasteiger partial charge in [-0.25, -0.2) is 9.78 Å². The first-order valence-electron chi connectivity index (χ1n) is 8.20. The molecule has 0 spiro atoms. The minimum absolute atomic E-state index is 0.338. The van der Waals surface area contributed by atoms with Crippen LogP contribution in [-0.2, 0) is 12.8 Å². The van der Waals surface area contributed by atoms with E-state index in [2.05, 4.69) is 17.2 Å². The van der Waals surface area contributed by atoms with Crippen molar-refractivity contribution in [2.75, 3.05) is 5.32 Å². The fourth-order valence-electron chi connectivity index (χ4n) is 3.18. The molecule has 21 heavy (non-hydrogen) atoms. The Balaban J connectivity index is 1.85. The topological polar surface area (TPSA) is 62.2 Å². The first-order valence-corrected chi connectivity index (χ1v) is 8.20. The van der Waals surface area contributed by atoms with Crippen LogP contribution in [0.4, 0.5) is 5.82 Å². The Morgan fingerprint density at radius 2 is 2.19 bits per heavy atom. The maximum absolute atomic E-state index is 11.5. The summed E-state index contributed by atoms with van der Waals surface area (Å²) in [5, 5.41) is 12.9. The second-order valence-corrected chi connectivity index (χ2v) is 6.43. The van der Waals surface area contributed by atoms with Crippen molar-refractivity contribution < 1.29 is 9.90 Å². The van der Waals surface area contributed by atoms with Gasteiger partial charge in [0.2, 0.25) is 0 Å². The molecule has 0 amide bonds. The largest absolute Gasteiger partial charge is 0.478 e. The second-order valence-electron chi connectivity index (χ2n) is 6.43. The Morgan fingerprint density at radius 3 is 2.86 bits per heavy atom. The minimum Gasteiger partial charge on any atom is -0.478 e. The van der Waals surface area contributed by atoms with Gasteiger partial charge in [-0.3, -0.25) is 0 Å². The summed E-state index contributed by atoms with van der Waals surface area (Å²) in [6.45, 7) is 2.15. The van der Waals surface area contributed by atoms with Crippen molar-refractivity contribution in [2.45, 2.75) is 64.3 Å². The number of nitrogens with zero attached hydrogens (tertiary/aromatic N) is 1. The van der Waals surface area contributed by atoms with Crippen molar-refractivity contribution in [2.24, 2.45) is 5.92 Å². The zero-order valence-corrected chi connectivity index (χ0v) is 12.7. The van der Waals surface area contributed by atoms with Crippen molar-refractivity contribution in [3.05, 3.63) is 22.9 Å². The quantitative estimate of drug-likeness (QED) is 0.838. The lowest BCUT2D eigenvalue weighted by Crippen LogP contribution is -2.23. The Labute approximate surface area is 126 Å². The third-order valence-electron chi connectivity index (χ3n) is 4.68. The Bertz CT molecular complexity index is 538. The normalized spacial score (nSPS) is 18.9. The summed E-state index contributed by atoms with van der Waals surface area (Å²) >= 11 is 0. The van der Waals surface area contributed by atoms with E-state index in [0.29, 0.717) is 17.4 Å². The highest BCUT2D eigenvalue weighted by molar-refractivity contribution is 5.93. The van der Waals surface area contributed by atoms with E-state index >= 15 is 0 Å². The molecular formula is C17H24N2O2. The first-order chi connectivity index (χ1) is 10.2. The molecule has 4 heteroatoms. The zero-order valence-electron chi connectivity index (χ0n) is 12.7. The van der Waals surface area contributed by atoms with Crippen LogP contribution in [0.25, 0.3) is 0 Å². The molecule has 2 aliphatic rings. The average Bonchev–Trinajstić information content (AvgIpc) is 3.29. The van der Waals surface area contributed by atoms with Crippen LogP contribution in [0.3, 0.4) is 0 Å². The zero-order chi connectivity index (χ0) is 14.8. The van der Waals surface area contributed by atoms with Gasteiger partial charge in [0.05, 0.1) is 0 Å². The summed E-state index contributed by atoms with van der Waals surface area (Å²) in [7, 11) is 0. The van der Waals surface area contributed by atoms with Gasteiger partial charge in [-0.2, -0.15) is 0 Å². The van der Waals surface area contributed by atoms with Gasteiger partial charge in [0.25, 0.3) is 0 Å². The summed E-state index contributed by atoms with van der Waals surface area (Å²) in [5.41, 5.74) is 2.55. The number of hydrogen-bond acceptors (Lipinski definition) is 3. The Hall–Kier alpha value is -1.58. The van der Waals surface area contributed by atoms with E-state index in [0.717, 1.165) is 55.7 Å². The molecule has 1 unspecified atom stereocenters. The third kappa shape index (κ3) is 3.36. The number of fused-ring (bicyclic) bond motifs is 1. The van der Waals surface area contributed by atoms with Crippen LogP contribution in [0.1, 0.15) is 67.1 Å². The summed E-state index contributed by atoms with van der Waals surface area (Å²) in [4.78, 5) is 16.2. The molecule has 2 aliphatic carbocycles. The van der Waals surface area contributed by atoms with E-state index in [9.17, 15) is 9.90 Å². The maximum atomic E-state index is 11.5. The number of carbonyl (C=O) groups is 1. The van der Waals surface area contributed by atoms with Gasteiger partial charge in [-0.05, 0) is 56.1 Å². The number of rotatable bonds is 6. The van der Waals surface area contributed by atoms with E-state index < -0.39 is 5.97 Å². The number of aromatic nitrogens is 1. The highest BCUT2D eigenvalue weighted by Gasteiger charge is 2.26. The minimum atomic E-state index is -0.875. The van der Waals surface area contributed by atoms with Crippen LogP contribution in [0, 0.1) is 5.92 Å². The molecule has 0 aliphatic heterocycles. The van der Waals surface area contributed by atoms with Crippen LogP contribution in [0.2, 0.25) is 0 Å². The third-order valence-corrected chi connectivity index (χ3v) is 4.68. The number of anilines is 1. The lowest BCUT2D eigenvalue weighted by molar-refractivity contribution is 0.0697. The van der Waals surface area contributed by atoms with E-state index in [-0.39, 0.29) is 0 Å². The molecule has 0 aromatic carbocycles. The van der Waals surface area contributed by atoms with Gasteiger partial charge in [-0.1, -0.05) is 19.8 Å². The van der Waals surface area contributed by atoms with Crippen LogP contribution in [-0.4, -0.2) is 22.1 Å². The molecule has 1 aromatic heterocycles. The molecule has 3 rings (SSSR count). The highest BCUT2D eigenvalue weighted by atomic mass is 16.4. The molecule has 1 aromatic rings. The monoisotopic (exact) mass is 288 g/mol. The first kappa shape index (κ1) is 14.4. The molecule has 1 saturated carbocycles. The SMILES string of the molecule is CCC(CC1CC1)Nc1nc2c(cc1C(=O)O)CCCC2. The maximum Gasteiger partial charge on any atom is 0.339 e. The molecule has 1 atom stereocenters. The number of aryl methyl sites for hydroxylation is 2. The molecule has 1 heterocycles. The summed E-state index contributed by atoms with van der Waals surface area (Å²) in [5.74, 6) is 0.531. The fourth-order valence-corrected chi connectivity index (χ4v) is 3.18. The molecule has 0 bridgehead atoms. The molecule has 1 fully saturated rings. The number of nitrogens with one attached hydrogen (secondary N) is 1. The van der Waals surface area contributed by atoms with Crippen molar-refractivity contribution in [3.8, 4) is 0 Å². The number of carboxylic acids is 1. The van der Waals surface area contributed by atoms with Crippen molar-refractivity contribution in [1.29, 1.82) is 0 Å². The highest BCUT2D eigenvalue weighted by Crippen LogP contribution is 2.35. The molecule has 114 valence electrons. The van der Waals surface area contributed by atoms with E-state index in [1.807, 2.05) is 6.07 Å². The Morgan fingerprint density at radius 1 is 1.43 bits per heavy atom. The smallest absolute Gasteiger partial charge is 0.339 e. The van der Waals surface area contributed by atoms with Crippen LogP contribution in [0.5, 0.6) is 0 Å². The lowest BCUT2D eigenvalue weighted by Gasteiger charge is -2.22. The predicted octanol–water partition coefficient (Wildman–Crippen LogP) is 3.65. The number of hydrogen-bond donors (Lipinski definition) is 2. The van der Waals surface area contributed by atoms with Crippen LogP contribution in [0.15, 0.2) is 6.07 Å². The summed E-state index contributed by atoms with van der Waals surface area (Å²) < 4.78 is 0. The van der Waals surface area contributed by atoms with Gasteiger partial charge < -0.3 is 10.4 Å². The lowest BCUT2D eigenvalue weighted by atomic mass is 9.94. The molecule has 0 saturated heterocycles. The van der Waals surface area contributed by atoms with Crippen molar-refractivity contribution in [1.82, 2.24) is 4.98 Å². The number of carboxylic acid groups (broad SMARTS) is 1. The van der Waals surface area contributed by atoms with E-state index in [1.54, 1.807) is 0 Å². The summed E-state index contributed by atoms with van der Waals surface area (Å²) in [6, 6.07) is 2.18. The molecule has 4 nitrogen and oxygen atoms in total.